The molecule has 3 unspecified atom stereocenters. The summed E-state index contributed by atoms with van der Waals surface area (Å²) in [4.78, 5) is 6.65. The summed E-state index contributed by atoms with van der Waals surface area (Å²) in [5, 5.41) is 0.732. The predicted molar refractivity (Wildman–Crippen MR) is 79.2 cm³/mol. The van der Waals surface area contributed by atoms with E-state index in [0.717, 1.165) is 39.6 Å². The van der Waals surface area contributed by atoms with Gasteiger partial charge in [-0.3, -0.25) is 0 Å². The van der Waals surface area contributed by atoms with Gasteiger partial charge in [0.05, 0.1) is 5.02 Å². The van der Waals surface area contributed by atoms with E-state index >= 15 is 0 Å². The summed E-state index contributed by atoms with van der Waals surface area (Å²) >= 11 is 9.65. The molecule has 0 saturated heterocycles. The van der Waals surface area contributed by atoms with Crippen molar-refractivity contribution in [2.45, 2.75) is 25.7 Å². The normalized spacial score (nSPS) is 29.8. The van der Waals surface area contributed by atoms with Crippen LogP contribution in [0.3, 0.4) is 0 Å². The van der Waals surface area contributed by atoms with E-state index in [1.165, 1.54) is 25.7 Å². The van der Waals surface area contributed by atoms with Gasteiger partial charge in [0.15, 0.2) is 0 Å². The highest BCUT2D eigenvalue weighted by Crippen LogP contribution is 2.48. The summed E-state index contributed by atoms with van der Waals surface area (Å²) in [7, 11) is 2.11. The molecule has 1 aromatic rings. The molecule has 2 aliphatic rings. The van der Waals surface area contributed by atoms with Gasteiger partial charge in [-0.2, -0.15) is 0 Å². The quantitative estimate of drug-likeness (QED) is 0.818. The van der Waals surface area contributed by atoms with E-state index in [4.69, 9.17) is 11.6 Å². The first-order chi connectivity index (χ1) is 8.63. The highest BCUT2D eigenvalue weighted by Gasteiger charge is 2.39. The Morgan fingerprint density at radius 3 is 2.89 bits per heavy atom. The molecular weight excluding hydrogens is 312 g/mol. The van der Waals surface area contributed by atoms with Gasteiger partial charge in [0.1, 0.15) is 5.82 Å². The highest BCUT2D eigenvalue weighted by atomic mass is 79.9. The van der Waals surface area contributed by atoms with Crippen LogP contribution in [-0.4, -0.2) is 18.6 Å². The molecule has 4 heteroatoms. The standard InChI is InChI=1S/C14H18BrClN2/c1-18(14-13(16)6-12(15)7-17-14)8-11-5-9-2-3-10(11)4-9/h6-7,9-11H,2-5,8H2,1H3. The lowest BCUT2D eigenvalue weighted by atomic mass is 9.88. The minimum Gasteiger partial charge on any atom is -0.358 e. The summed E-state index contributed by atoms with van der Waals surface area (Å²) in [5.41, 5.74) is 0. The van der Waals surface area contributed by atoms with Crippen LogP contribution < -0.4 is 4.90 Å². The number of anilines is 1. The molecule has 0 amide bonds. The van der Waals surface area contributed by atoms with Crippen LogP contribution in [0.4, 0.5) is 5.82 Å². The maximum absolute atomic E-state index is 6.25. The van der Waals surface area contributed by atoms with Gasteiger partial charge in [-0.25, -0.2) is 4.98 Å². The molecule has 0 aromatic carbocycles. The van der Waals surface area contributed by atoms with Crippen molar-refractivity contribution in [1.82, 2.24) is 4.98 Å². The van der Waals surface area contributed by atoms with Crippen LogP contribution >= 0.6 is 27.5 Å². The number of pyridine rings is 1. The molecule has 0 spiro atoms. The molecule has 1 aromatic heterocycles. The lowest BCUT2D eigenvalue weighted by Crippen LogP contribution is -2.29. The number of hydrogen-bond acceptors (Lipinski definition) is 2. The van der Waals surface area contributed by atoms with E-state index in [1.807, 2.05) is 12.3 Å². The molecule has 2 aliphatic carbocycles. The Kier molecular flexibility index (Phi) is 3.55. The van der Waals surface area contributed by atoms with Crippen molar-refractivity contribution in [2.24, 2.45) is 17.8 Å². The SMILES string of the molecule is CN(CC1CC2CCC1C2)c1ncc(Br)cc1Cl. The summed E-state index contributed by atoms with van der Waals surface area (Å²) < 4.78 is 0.935. The van der Waals surface area contributed by atoms with Crippen molar-refractivity contribution < 1.29 is 0 Å². The Morgan fingerprint density at radius 1 is 1.44 bits per heavy atom. The average molecular weight is 330 g/mol. The van der Waals surface area contributed by atoms with Crippen molar-refractivity contribution in [3.05, 3.63) is 21.8 Å². The largest absolute Gasteiger partial charge is 0.358 e. The van der Waals surface area contributed by atoms with Crippen LogP contribution in [-0.2, 0) is 0 Å². The molecule has 3 rings (SSSR count). The number of rotatable bonds is 3. The Bertz CT molecular complexity index is 451. The van der Waals surface area contributed by atoms with Crippen LogP contribution in [0.25, 0.3) is 0 Å². The van der Waals surface area contributed by atoms with Crippen molar-refractivity contribution in [1.29, 1.82) is 0 Å². The third kappa shape index (κ3) is 2.39. The van der Waals surface area contributed by atoms with E-state index in [2.05, 4.69) is 32.9 Å². The maximum Gasteiger partial charge on any atom is 0.147 e. The third-order valence-corrected chi connectivity index (χ3v) is 5.25. The molecule has 0 aliphatic heterocycles. The van der Waals surface area contributed by atoms with Crippen LogP contribution in [0.2, 0.25) is 5.02 Å². The van der Waals surface area contributed by atoms with E-state index in [1.54, 1.807) is 0 Å². The predicted octanol–water partition coefficient (Wildman–Crippen LogP) is 4.37. The first kappa shape index (κ1) is 12.7. The molecular formula is C14H18BrClN2. The van der Waals surface area contributed by atoms with Gasteiger partial charge in [0.2, 0.25) is 0 Å². The Hall–Kier alpha value is -0.280. The Balaban J connectivity index is 1.69. The van der Waals surface area contributed by atoms with Gasteiger partial charge in [-0.05, 0) is 59.0 Å². The van der Waals surface area contributed by atoms with Gasteiger partial charge in [-0.15, -0.1) is 0 Å². The first-order valence-electron chi connectivity index (χ1n) is 6.65. The number of nitrogens with zero attached hydrogens (tertiary/aromatic N) is 2. The maximum atomic E-state index is 6.25. The third-order valence-electron chi connectivity index (χ3n) is 4.54. The summed E-state index contributed by atoms with van der Waals surface area (Å²) in [6.07, 6.45) is 7.58. The van der Waals surface area contributed by atoms with Gasteiger partial charge >= 0.3 is 0 Å². The summed E-state index contributed by atoms with van der Waals surface area (Å²) in [6.45, 7) is 1.09. The van der Waals surface area contributed by atoms with Crippen LogP contribution in [0.15, 0.2) is 16.7 Å². The number of hydrogen-bond donors (Lipinski definition) is 0. The fourth-order valence-corrected chi connectivity index (χ4v) is 4.50. The second-order valence-electron chi connectivity index (χ2n) is 5.77. The highest BCUT2D eigenvalue weighted by molar-refractivity contribution is 9.10. The molecule has 2 fully saturated rings. The molecule has 3 atom stereocenters. The molecule has 98 valence electrons. The van der Waals surface area contributed by atoms with E-state index in [0.29, 0.717) is 0 Å². The Morgan fingerprint density at radius 2 is 2.28 bits per heavy atom. The lowest BCUT2D eigenvalue weighted by Gasteiger charge is -2.28. The number of fused-ring (bicyclic) bond motifs is 2. The smallest absolute Gasteiger partial charge is 0.147 e. The van der Waals surface area contributed by atoms with Gasteiger partial charge < -0.3 is 4.90 Å². The first-order valence-corrected chi connectivity index (χ1v) is 7.82. The molecule has 2 saturated carbocycles. The topological polar surface area (TPSA) is 16.1 Å². The fraction of sp³-hybridized carbons (Fsp3) is 0.643. The van der Waals surface area contributed by atoms with Gasteiger partial charge in [-0.1, -0.05) is 18.0 Å². The monoisotopic (exact) mass is 328 g/mol. The second kappa shape index (κ2) is 5.01. The van der Waals surface area contributed by atoms with Gasteiger partial charge in [0, 0.05) is 24.3 Å². The molecule has 2 nitrogen and oxygen atoms in total. The summed E-state index contributed by atoms with van der Waals surface area (Å²) in [6, 6.07) is 1.92. The van der Waals surface area contributed by atoms with E-state index in [9.17, 15) is 0 Å². The molecule has 0 radical (unpaired) electrons. The van der Waals surface area contributed by atoms with Crippen molar-refractivity contribution in [2.75, 3.05) is 18.5 Å². The van der Waals surface area contributed by atoms with Crippen LogP contribution in [0.5, 0.6) is 0 Å². The van der Waals surface area contributed by atoms with Crippen molar-refractivity contribution in [3.63, 3.8) is 0 Å². The Labute approximate surface area is 122 Å². The second-order valence-corrected chi connectivity index (χ2v) is 7.10. The van der Waals surface area contributed by atoms with E-state index in [-0.39, 0.29) is 0 Å². The van der Waals surface area contributed by atoms with Crippen LogP contribution in [0.1, 0.15) is 25.7 Å². The minimum atomic E-state index is 0.732. The molecule has 2 bridgehead atoms. The lowest BCUT2D eigenvalue weighted by molar-refractivity contribution is 0.337. The fourth-order valence-electron chi connectivity index (χ4n) is 3.73. The molecule has 18 heavy (non-hydrogen) atoms. The number of halogens is 2. The average Bonchev–Trinajstić information content (AvgIpc) is 2.90. The zero-order chi connectivity index (χ0) is 12.7. The molecule has 1 heterocycles. The minimum absolute atomic E-state index is 0.732. The number of aromatic nitrogens is 1. The van der Waals surface area contributed by atoms with Crippen molar-refractivity contribution in [3.8, 4) is 0 Å². The van der Waals surface area contributed by atoms with Gasteiger partial charge in [0.25, 0.3) is 0 Å². The summed E-state index contributed by atoms with van der Waals surface area (Å²) in [5.74, 6) is 3.70. The zero-order valence-electron chi connectivity index (χ0n) is 10.6. The van der Waals surface area contributed by atoms with Crippen molar-refractivity contribution >= 4 is 33.3 Å². The van der Waals surface area contributed by atoms with E-state index < -0.39 is 0 Å². The molecule has 0 N–H and O–H groups in total. The van der Waals surface area contributed by atoms with Crippen LogP contribution in [0, 0.1) is 17.8 Å². The zero-order valence-corrected chi connectivity index (χ0v) is 12.9.